The highest BCUT2D eigenvalue weighted by molar-refractivity contribution is 5.94. The summed E-state index contributed by atoms with van der Waals surface area (Å²) in [6, 6.07) is -1.07. The Morgan fingerprint density at radius 1 is 1.30 bits per heavy atom. The van der Waals surface area contributed by atoms with Crippen molar-refractivity contribution in [2.24, 2.45) is 5.41 Å². The standard InChI is InChI=1S/C14H22N2O4/c1-5-7-10(6-2)15-13(20)16-11(17)8-14(3,4)9-12(18)19/h2,10H,5,7-9H2,1,3-4H3,(H,18,19)(H2,15,16,17,20). The van der Waals surface area contributed by atoms with E-state index in [1.54, 1.807) is 13.8 Å². The summed E-state index contributed by atoms with van der Waals surface area (Å²) in [7, 11) is 0. The first-order chi connectivity index (χ1) is 9.20. The minimum atomic E-state index is -0.984. The Morgan fingerprint density at radius 2 is 1.90 bits per heavy atom. The number of nitrogens with one attached hydrogen (secondary N) is 2. The highest BCUT2D eigenvalue weighted by Crippen LogP contribution is 2.24. The molecule has 112 valence electrons. The second kappa shape index (κ2) is 8.20. The fourth-order valence-electron chi connectivity index (χ4n) is 1.76. The van der Waals surface area contributed by atoms with Crippen LogP contribution in [0.4, 0.5) is 4.79 Å². The second-order valence-electron chi connectivity index (χ2n) is 5.44. The van der Waals surface area contributed by atoms with Gasteiger partial charge < -0.3 is 10.4 Å². The summed E-state index contributed by atoms with van der Waals surface area (Å²) in [6.07, 6.45) is 6.49. The van der Waals surface area contributed by atoms with Gasteiger partial charge in [0.25, 0.3) is 0 Å². The molecule has 0 aromatic carbocycles. The number of carbonyl (C=O) groups excluding carboxylic acids is 2. The monoisotopic (exact) mass is 282 g/mol. The predicted molar refractivity (Wildman–Crippen MR) is 74.9 cm³/mol. The summed E-state index contributed by atoms with van der Waals surface area (Å²) in [6.45, 7) is 5.24. The lowest BCUT2D eigenvalue weighted by Crippen LogP contribution is -2.45. The topological polar surface area (TPSA) is 95.5 Å². The van der Waals surface area contributed by atoms with Crippen LogP contribution in [0.1, 0.15) is 46.5 Å². The van der Waals surface area contributed by atoms with Gasteiger partial charge in [-0.25, -0.2) is 4.79 Å². The normalized spacial score (nSPS) is 12.1. The number of hydrogen-bond donors (Lipinski definition) is 3. The summed E-state index contributed by atoms with van der Waals surface area (Å²) < 4.78 is 0. The zero-order valence-electron chi connectivity index (χ0n) is 12.2. The summed E-state index contributed by atoms with van der Waals surface area (Å²) in [5.74, 6) is 0.910. The molecule has 0 saturated carbocycles. The van der Waals surface area contributed by atoms with Crippen LogP contribution in [0, 0.1) is 17.8 Å². The molecule has 1 unspecified atom stereocenters. The number of carboxylic acid groups (broad SMARTS) is 1. The van der Waals surface area contributed by atoms with Crippen molar-refractivity contribution in [1.29, 1.82) is 0 Å². The quantitative estimate of drug-likeness (QED) is 0.617. The molecule has 6 heteroatoms. The van der Waals surface area contributed by atoms with E-state index < -0.39 is 29.4 Å². The summed E-state index contributed by atoms with van der Waals surface area (Å²) in [5.41, 5.74) is -0.717. The average Bonchev–Trinajstić information content (AvgIpc) is 2.24. The molecule has 0 bridgehead atoms. The van der Waals surface area contributed by atoms with E-state index in [0.717, 1.165) is 6.42 Å². The molecular formula is C14H22N2O4. The lowest BCUT2D eigenvalue weighted by Gasteiger charge is -2.21. The largest absolute Gasteiger partial charge is 0.481 e. The summed E-state index contributed by atoms with van der Waals surface area (Å²) in [5, 5.41) is 13.4. The molecule has 3 amide bonds. The molecule has 0 heterocycles. The summed E-state index contributed by atoms with van der Waals surface area (Å²) >= 11 is 0. The number of rotatable bonds is 7. The number of imide groups is 1. The molecule has 1 atom stereocenters. The Hall–Kier alpha value is -2.03. The van der Waals surface area contributed by atoms with Gasteiger partial charge >= 0.3 is 12.0 Å². The van der Waals surface area contributed by atoms with E-state index in [4.69, 9.17) is 11.5 Å². The number of hydrogen-bond acceptors (Lipinski definition) is 3. The lowest BCUT2D eigenvalue weighted by atomic mass is 9.85. The molecule has 0 radical (unpaired) electrons. The third-order valence-corrected chi connectivity index (χ3v) is 2.61. The number of carbonyl (C=O) groups is 3. The molecule has 0 spiro atoms. The average molecular weight is 282 g/mol. The van der Waals surface area contributed by atoms with Gasteiger partial charge in [-0.2, -0.15) is 0 Å². The maximum atomic E-state index is 11.7. The van der Waals surface area contributed by atoms with E-state index in [9.17, 15) is 14.4 Å². The van der Waals surface area contributed by atoms with Crippen molar-refractivity contribution in [1.82, 2.24) is 10.6 Å². The van der Waals surface area contributed by atoms with Crippen LogP contribution in [-0.4, -0.2) is 29.1 Å². The van der Waals surface area contributed by atoms with Gasteiger partial charge in [0.1, 0.15) is 0 Å². The van der Waals surface area contributed by atoms with Gasteiger partial charge in [0.05, 0.1) is 12.5 Å². The van der Waals surface area contributed by atoms with E-state index in [0.29, 0.717) is 6.42 Å². The van der Waals surface area contributed by atoms with Crippen molar-refractivity contribution >= 4 is 17.9 Å². The van der Waals surface area contributed by atoms with Crippen LogP contribution in [-0.2, 0) is 9.59 Å². The smallest absolute Gasteiger partial charge is 0.322 e. The van der Waals surface area contributed by atoms with E-state index in [-0.39, 0.29) is 12.8 Å². The molecule has 0 fully saturated rings. The highest BCUT2D eigenvalue weighted by atomic mass is 16.4. The van der Waals surface area contributed by atoms with Crippen molar-refractivity contribution in [2.75, 3.05) is 0 Å². The van der Waals surface area contributed by atoms with Gasteiger partial charge in [-0.15, -0.1) is 6.42 Å². The molecule has 3 N–H and O–H groups in total. The van der Waals surface area contributed by atoms with Gasteiger partial charge in [0, 0.05) is 6.42 Å². The van der Waals surface area contributed by atoms with Crippen LogP contribution in [0.25, 0.3) is 0 Å². The zero-order chi connectivity index (χ0) is 15.8. The molecule has 0 rings (SSSR count). The van der Waals surface area contributed by atoms with Gasteiger partial charge in [-0.05, 0) is 11.8 Å². The maximum Gasteiger partial charge on any atom is 0.322 e. The number of urea groups is 1. The fourth-order valence-corrected chi connectivity index (χ4v) is 1.76. The van der Waals surface area contributed by atoms with Crippen molar-refractivity contribution in [3.8, 4) is 12.3 Å². The van der Waals surface area contributed by atoms with Gasteiger partial charge in [-0.1, -0.05) is 33.1 Å². The first-order valence-corrected chi connectivity index (χ1v) is 6.48. The van der Waals surface area contributed by atoms with Crippen LogP contribution in [0.15, 0.2) is 0 Å². The van der Waals surface area contributed by atoms with Crippen LogP contribution >= 0.6 is 0 Å². The predicted octanol–water partition coefficient (Wildman–Crippen LogP) is 1.51. The molecule has 0 aromatic heterocycles. The first kappa shape index (κ1) is 18.0. The third-order valence-electron chi connectivity index (χ3n) is 2.61. The molecule has 20 heavy (non-hydrogen) atoms. The molecular weight excluding hydrogens is 260 g/mol. The van der Waals surface area contributed by atoms with Crippen molar-refractivity contribution in [3.63, 3.8) is 0 Å². The molecule has 0 saturated heterocycles. The Kier molecular flexibility index (Phi) is 7.37. The van der Waals surface area contributed by atoms with Crippen LogP contribution in [0.3, 0.4) is 0 Å². The summed E-state index contributed by atoms with van der Waals surface area (Å²) in [4.78, 5) is 33.9. The van der Waals surface area contributed by atoms with Gasteiger partial charge in [0.15, 0.2) is 0 Å². The van der Waals surface area contributed by atoms with E-state index >= 15 is 0 Å². The molecule has 0 aromatic rings. The Morgan fingerprint density at radius 3 is 2.35 bits per heavy atom. The first-order valence-electron chi connectivity index (χ1n) is 6.48. The van der Waals surface area contributed by atoms with Crippen LogP contribution < -0.4 is 10.6 Å². The van der Waals surface area contributed by atoms with Crippen LogP contribution in [0.2, 0.25) is 0 Å². The van der Waals surface area contributed by atoms with Crippen molar-refractivity contribution < 1.29 is 19.5 Å². The SMILES string of the molecule is C#CC(CCC)NC(=O)NC(=O)CC(C)(C)CC(=O)O. The minimum absolute atomic E-state index is 0.0543. The Bertz CT molecular complexity index is 410. The molecule has 6 nitrogen and oxygen atoms in total. The van der Waals surface area contributed by atoms with Gasteiger partial charge in [0.2, 0.25) is 5.91 Å². The van der Waals surface area contributed by atoms with Crippen LogP contribution in [0.5, 0.6) is 0 Å². The minimum Gasteiger partial charge on any atom is -0.481 e. The fraction of sp³-hybridized carbons (Fsp3) is 0.643. The molecule has 0 aliphatic heterocycles. The number of aliphatic carboxylic acids is 1. The lowest BCUT2D eigenvalue weighted by molar-refractivity contribution is -0.139. The maximum absolute atomic E-state index is 11.7. The second-order valence-corrected chi connectivity index (χ2v) is 5.44. The third kappa shape index (κ3) is 8.14. The van der Waals surface area contributed by atoms with E-state index in [1.165, 1.54) is 0 Å². The van der Waals surface area contributed by atoms with Crippen molar-refractivity contribution in [2.45, 2.75) is 52.5 Å². The molecule has 0 aliphatic carbocycles. The number of terminal acetylenes is 1. The number of amides is 3. The van der Waals surface area contributed by atoms with E-state index in [1.807, 2.05) is 6.92 Å². The Balaban J connectivity index is 4.30. The van der Waals surface area contributed by atoms with E-state index in [2.05, 4.69) is 16.6 Å². The zero-order valence-corrected chi connectivity index (χ0v) is 12.2. The molecule has 0 aliphatic rings. The number of carboxylic acids is 1. The van der Waals surface area contributed by atoms with Gasteiger partial charge in [-0.3, -0.25) is 14.9 Å². The Labute approximate surface area is 119 Å². The highest BCUT2D eigenvalue weighted by Gasteiger charge is 2.26. The van der Waals surface area contributed by atoms with Crippen molar-refractivity contribution in [3.05, 3.63) is 0 Å².